The van der Waals surface area contributed by atoms with Gasteiger partial charge in [-0.2, -0.15) is 5.26 Å². The number of methoxy groups -OCH3 is 1. The molecule has 0 saturated carbocycles. The first-order chi connectivity index (χ1) is 14.4. The van der Waals surface area contributed by atoms with Gasteiger partial charge in [0.25, 0.3) is 0 Å². The number of allylic oxidation sites excluding steroid dienone is 1. The Labute approximate surface area is 187 Å². The molecule has 0 N–H and O–H groups in total. The molecular formula is C23H23ClN2O3S. The number of rotatable bonds is 9. The molecule has 0 heterocycles. The number of hydrogen-bond donors (Lipinski definition) is 1. The van der Waals surface area contributed by atoms with Gasteiger partial charge in [0.05, 0.1) is 24.3 Å². The van der Waals surface area contributed by atoms with E-state index in [1.54, 1.807) is 12.1 Å². The van der Waals surface area contributed by atoms with Crippen LogP contribution in [0, 0.1) is 18.3 Å². The van der Waals surface area contributed by atoms with E-state index in [1.165, 1.54) is 14.2 Å². The number of thiol groups is 1. The number of halogens is 1. The van der Waals surface area contributed by atoms with E-state index in [9.17, 15) is 10.1 Å². The number of nitrogens with zero attached hydrogens (tertiary/aromatic N) is 2. The molecule has 2 aromatic carbocycles. The topological polar surface area (TPSA) is 71.7 Å². The number of aryl methyl sites for hydroxylation is 1. The van der Waals surface area contributed by atoms with Crippen molar-refractivity contribution in [2.24, 2.45) is 5.16 Å². The summed E-state index contributed by atoms with van der Waals surface area (Å²) in [4.78, 5) is 16.7. The van der Waals surface area contributed by atoms with Crippen LogP contribution < -0.4 is 4.74 Å². The van der Waals surface area contributed by atoms with Crippen molar-refractivity contribution < 1.29 is 14.4 Å². The average Bonchev–Trinajstić information content (AvgIpc) is 2.73. The third-order valence-corrected chi connectivity index (χ3v) is 4.95. The Morgan fingerprint density at radius 1 is 1.27 bits per heavy atom. The van der Waals surface area contributed by atoms with E-state index >= 15 is 0 Å². The van der Waals surface area contributed by atoms with Crippen LogP contribution in [0.5, 0.6) is 5.75 Å². The highest BCUT2D eigenvalue weighted by Crippen LogP contribution is 2.33. The fraction of sp³-hybridized carbons (Fsp3) is 0.261. The number of benzene rings is 2. The Morgan fingerprint density at radius 3 is 2.67 bits per heavy atom. The van der Waals surface area contributed by atoms with Crippen LogP contribution in [-0.2, 0) is 4.84 Å². The van der Waals surface area contributed by atoms with Crippen LogP contribution in [0.15, 0.2) is 47.6 Å². The first-order valence-corrected chi connectivity index (χ1v) is 10.1. The summed E-state index contributed by atoms with van der Waals surface area (Å²) < 4.78 is 5.39. The smallest absolute Gasteiger partial charge is 0.220 e. The van der Waals surface area contributed by atoms with Crippen molar-refractivity contribution in [1.29, 1.82) is 5.26 Å². The summed E-state index contributed by atoms with van der Waals surface area (Å²) in [6.07, 6.45) is 4.14. The van der Waals surface area contributed by atoms with Crippen LogP contribution in [0.3, 0.4) is 0 Å². The SMILES string of the molecule is CO/N=C(\Cl)CCC/C=C(/c1cccc(C#N)c1)c1cc(C)c(OC)c(C(=O)S)c1. The molecule has 0 saturated heterocycles. The van der Waals surface area contributed by atoms with Crippen molar-refractivity contribution in [2.75, 3.05) is 14.2 Å². The Kier molecular flexibility index (Phi) is 8.97. The second-order valence-electron chi connectivity index (χ2n) is 6.53. The van der Waals surface area contributed by atoms with Crippen molar-refractivity contribution in [2.45, 2.75) is 26.2 Å². The summed E-state index contributed by atoms with van der Waals surface area (Å²) in [6.45, 7) is 1.88. The number of unbranched alkanes of at least 4 members (excludes halogenated alkanes) is 1. The van der Waals surface area contributed by atoms with Crippen molar-refractivity contribution in [3.63, 3.8) is 0 Å². The van der Waals surface area contributed by atoms with E-state index in [0.717, 1.165) is 35.1 Å². The normalized spacial score (nSPS) is 11.7. The minimum Gasteiger partial charge on any atom is -0.496 e. The molecule has 2 rings (SSSR count). The fourth-order valence-electron chi connectivity index (χ4n) is 3.16. The lowest BCUT2D eigenvalue weighted by molar-refractivity contribution is 0.108. The molecular weight excluding hydrogens is 420 g/mol. The summed E-state index contributed by atoms with van der Waals surface area (Å²) in [5, 5.41) is 13.0. The van der Waals surface area contributed by atoms with Crippen LogP contribution in [0.1, 0.15) is 51.9 Å². The Bertz CT molecular complexity index is 1030. The van der Waals surface area contributed by atoms with Crippen molar-refractivity contribution in [3.05, 3.63) is 70.3 Å². The molecule has 0 radical (unpaired) electrons. The summed E-state index contributed by atoms with van der Waals surface area (Å²) in [5.74, 6) is 0.506. The molecule has 0 bridgehead atoms. The highest BCUT2D eigenvalue weighted by Gasteiger charge is 2.16. The molecule has 0 aliphatic rings. The molecule has 30 heavy (non-hydrogen) atoms. The summed E-state index contributed by atoms with van der Waals surface area (Å²) in [5.41, 5.74) is 4.42. The van der Waals surface area contributed by atoms with Crippen molar-refractivity contribution in [1.82, 2.24) is 0 Å². The van der Waals surface area contributed by atoms with E-state index in [2.05, 4.69) is 34.8 Å². The number of ether oxygens (including phenoxy) is 1. The van der Waals surface area contributed by atoms with Gasteiger partial charge < -0.3 is 9.57 Å². The maximum atomic E-state index is 12.1. The minimum absolute atomic E-state index is 0.371. The Hall–Kier alpha value is -2.75. The maximum Gasteiger partial charge on any atom is 0.220 e. The Morgan fingerprint density at radius 2 is 2.03 bits per heavy atom. The molecule has 5 nitrogen and oxygen atoms in total. The molecule has 0 amide bonds. The van der Waals surface area contributed by atoms with Gasteiger partial charge in [0.2, 0.25) is 5.12 Å². The first kappa shape index (κ1) is 23.5. The van der Waals surface area contributed by atoms with Crippen LogP contribution in [0.4, 0.5) is 0 Å². The van der Waals surface area contributed by atoms with Gasteiger partial charge in [-0.1, -0.05) is 35.0 Å². The number of hydrogen-bond acceptors (Lipinski definition) is 5. The minimum atomic E-state index is -0.371. The first-order valence-electron chi connectivity index (χ1n) is 9.29. The predicted molar refractivity (Wildman–Crippen MR) is 123 cm³/mol. The number of carbonyl (C=O) groups is 1. The zero-order valence-electron chi connectivity index (χ0n) is 17.1. The van der Waals surface area contributed by atoms with E-state index in [1.807, 2.05) is 31.2 Å². The Balaban J connectivity index is 2.51. The van der Waals surface area contributed by atoms with E-state index in [-0.39, 0.29) is 5.12 Å². The number of oxime groups is 1. The lowest BCUT2D eigenvalue weighted by Crippen LogP contribution is -2.01. The molecule has 156 valence electrons. The summed E-state index contributed by atoms with van der Waals surface area (Å²) in [7, 11) is 2.98. The van der Waals surface area contributed by atoms with Gasteiger partial charge in [-0.05, 0) is 66.3 Å². The van der Waals surface area contributed by atoms with E-state index in [0.29, 0.717) is 28.5 Å². The third kappa shape index (κ3) is 6.12. The zero-order valence-corrected chi connectivity index (χ0v) is 18.8. The third-order valence-electron chi connectivity index (χ3n) is 4.45. The summed E-state index contributed by atoms with van der Waals surface area (Å²) in [6, 6.07) is 13.3. The second-order valence-corrected chi connectivity index (χ2v) is 7.37. The second kappa shape index (κ2) is 11.4. The van der Waals surface area contributed by atoms with E-state index in [4.69, 9.17) is 16.3 Å². The van der Waals surface area contributed by atoms with Crippen LogP contribution in [0.2, 0.25) is 0 Å². The lowest BCUT2D eigenvalue weighted by atomic mass is 9.92. The molecule has 0 fully saturated rings. The number of carbonyl (C=O) groups excluding carboxylic acids is 1. The molecule has 0 atom stereocenters. The largest absolute Gasteiger partial charge is 0.496 e. The van der Waals surface area contributed by atoms with Gasteiger partial charge in [-0.15, -0.1) is 12.6 Å². The molecule has 0 spiro atoms. The highest BCUT2D eigenvalue weighted by molar-refractivity contribution is 7.97. The molecule has 2 aromatic rings. The van der Waals surface area contributed by atoms with Gasteiger partial charge in [-0.3, -0.25) is 4.79 Å². The molecule has 0 aliphatic carbocycles. The zero-order chi connectivity index (χ0) is 22.1. The quantitative estimate of drug-likeness (QED) is 0.232. The summed E-state index contributed by atoms with van der Waals surface area (Å²) >= 11 is 9.99. The predicted octanol–water partition coefficient (Wildman–Crippen LogP) is 5.75. The molecule has 7 heteroatoms. The van der Waals surface area contributed by atoms with Crippen LogP contribution >= 0.6 is 24.2 Å². The van der Waals surface area contributed by atoms with Crippen molar-refractivity contribution in [3.8, 4) is 11.8 Å². The highest BCUT2D eigenvalue weighted by atomic mass is 35.5. The van der Waals surface area contributed by atoms with Crippen LogP contribution in [0.25, 0.3) is 5.57 Å². The number of nitriles is 1. The fourth-order valence-corrected chi connectivity index (χ4v) is 3.53. The van der Waals surface area contributed by atoms with E-state index < -0.39 is 0 Å². The van der Waals surface area contributed by atoms with Gasteiger partial charge >= 0.3 is 0 Å². The standard InChI is InChI=1S/C23H23ClN2O3S/c1-15-11-18(13-20(23(27)30)22(15)28-2)19(9-4-5-10-21(24)26-29-3)17-8-6-7-16(12-17)14-25/h6-9,11-13H,4-5,10H2,1-3H3,(H,27,30)/b19-9-,26-21-. The van der Waals surface area contributed by atoms with Gasteiger partial charge in [0.1, 0.15) is 18.0 Å². The molecule has 0 unspecified atom stereocenters. The van der Waals surface area contributed by atoms with Gasteiger partial charge in [0.15, 0.2) is 0 Å². The van der Waals surface area contributed by atoms with Crippen molar-refractivity contribution >= 4 is 40.1 Å². The van der Waals surface area contributed by atoms with Gasteiger partial charge in [-0.25, -0.2) is 0 Å². The molecule has 0 aliphatic heterocycles. The monoisotopic (exact) mass is 442 g/mol. The van der Waals surface area contributed by atoms with Crippen LogP contribution in [-0.4, -0.2) is 24.5 Å². The maximum absolute atomic E-state index is 12.1. The van der Waals surface area contributed by atoms with Gasteiger partial charge in [0, 0.05) is 6.42 Å². The lowest BCUT2D eigenvalue weighted by Gasteiger charge is -2.15. The average molecular weight is 443 g/mol. The molecule has 0 aromatic heterocycles.